The maximum Gasteiger partial charge on any atom is 0.188 e. The van der Waals surface area contributed by atoms with Gasteiger partial charge in [0.25, 0.3) is 0 Å². The predicted octanol–water partition coefficient (Wildman–Crippen LogP) is 1.81. The number of guanidine groups is 1. The first-order valence-electron chi connectivity index (χ1n) is 8.12. The Hall–Kier alpha value is -0.0800. The molecule has 0 radical (unpaired) electrons. The average molecular weight is 410 g/mol. The van der Waals surface area contributed by atoms with Gasteiger partial charge in [-0.15, -0.1) is 24.0 Å². The van der Waals surface area contributed by atoms with Gasteiger partial charge in [-0.3, -0.25) is 4.99 Å². The lowest BCUT2D eigenvalue weighted by Crippen LogP contribution is -2.38. The highest BCUT2D eigenvalue weighted by Gasteiger charge is 2.15. The molecule has 2 fully saturated rings. The summed E-state index contributed by atoms with van der Waals surface area (Å²) in [4.78, 5) is 7.01. The second-order valence-corrected chi connectivity index (χ2v) is 6.21. The summed E-state index contributed by atoms with van der Waals surface area (Å²) in [5.74, 6) is 1.13. The maximum absolute atomic E-state index is 5.90. The van der Waals surface area contributed by atoms with E-state index in [4.69, 9.17) is 10.5 Å². The van der Waals surface area contributed by atoms with E-state index >= 15 is 0 Å². The van der Waals surface area contributed by atoms with Crippen molar-refractivity contribution in [3.05, 3.63) is 0 Å². The fourth-order valence-electron chi connectivity index (χ4n) is 2.97. The van der Waals surface area contributed by atoms with Crippen LogP contribution in [0.2, 0.25) is 0 Å². The molecule has 124 valence electrons. The summed E-state index contributed by atoms with van der Waals surface area (Å²) in [7, 11) is 0. The van der Waals surface area contributed by atoms with Crippen LogP contribution in [0.15, 0.2) is 4.99 Å². The third-order valence-corrected chi connectivity index (χ3v) is 4.13. The van der Waals surface area contributed by atoms with Crippen LogP contribution in [0, 0.1) is 5.92 Å². The van der Waals surface area contributed by atoms with Crippen LogP contribution in [-0.4, -0.2) is 56.3 Å². The fraction of sp³-hybridized carbons (Fsp3) is 0.933. The van der Waals surface area contributed by atoms with E-state index in [1.807, 2.05) is 0 Å². The van der Waals surface area contributed by atoms with Crippen LogP contribution < -0.4 is 11.1 Å². The van der Waals surface area contributed by atoms with E-state index in [1.165, 1.54) is 32.4 Å². The van der Waals surface area contributed by atoms with E-state index in [2.05, 4.69) is 22.1 Å². The van der Waals surface area contributed by atoms with Crippen molar-refractivity contribution in [1.82, 2.24) is 10.2 Å². The molecule has 2 rings (SSSR count). The second-order valence-electron chi connectivity index (χ2n) is 6.21. The zero-order valence-corrected chi connectivity index (χ0v) is 15.6. The lowest BCUT2D eigenvalue weighted by atomic mass is 10.1. The molecule has 5 nitrogen and oxygen atoms in total. The zero-order chi connectivity index (χ0) is 14.2. The number of rotatable bonds is 6. The Morgan fingerprint density at radius 2 is 2.10 bits per heavy atom. The first-order chi connectivity index (χ1) is 9.74. The van der Waals surface area contributed by atoms with Gasteiger partial charge in [0.1, 0.15) is 0 Å². The molecular weight excluding hydrogens is 379 g/mol. The number of halogens is 1. The number of nitrogens with one attached hydrogen (secondary N) is 1. The second kappa shape index (κ2) is 10.6. The highest BCUT2D eigenvalue weighted by Crippen LogP contribution is 2.11. The van der Waals surface area contributed by atoms with Gasteiger partial charge in [0.05, 0.1) is 6.10 Å². The lowest BCUT2D eigenvalue weighted by molar-refractivity contribution is 0.114. The van der Waals surface area contributed by atoms with Gasteiger partial charge in [0.15, 0.2) is 5.96 Å². The number of ether oxygens (including phenoxy) is 1. The smallest absolute Gasteiger partial charge is 0.188 e. The summed E-state index contributed by atoms with van der Waals surface area (Å²) in [6.07, 6.45) is 6.70. The third kappa shape index (κ3) is 7.65. The molecule has 0 bridgehead atoms. The van der Waals surface area contributed by atoms with Crippen molar-refractivity contribution in [2.24, 2.45) is 16.6 Å². The fourth-order valence-corrected chi connectivity index (χ4v) is 2.97. The molecule has 0 spiro atoms. The quantitative estimate of drug-likeness (QED) is 0.398. The summed E-state index contributed by atoms with van der Waals surface area (Å²) in [5, 5.41) is 3.17. The Labute approximate surface area is 146 Å². The molecule has 6 heteroatoms. The number of hydrogen-bond acceptors (Lipinski definition) is 3. The predicted molar refractivity (Wildman–Crippen MR) is 98.3 cm³/mol. The van der Waals surface area contributed by atoms with Gasteiger partial charge in [-0.2, -0.15) is 0 Å². The molecule has 0 saturated carbocycles. The third-order valence-electron chi connectivity index (χ3n) is 4.13. The molecule has 0 aromatic heterocycles. The van der Waals surface area contributed by atoms with Crippen LogP contribution in [-0.2, 0) is 4.74 Å². The molecule has 2 aliphatic heterocycles. The number of likely N-dealkylation sites (tertiary alicyclic amines) is 1. The van der Waals surface area contributed by atoms with Gasteiger partial charge in [-0.1, -0.05) is 13.3 Å². The van der Waals surface area contributed by atoms with E-state index in [0.717, 1.165) is 39.1 Å². The Balaban J connectivity index is 0.00000220. The van der Waals surface area contributed by atoms with Crippen molar-refractivity contribution in [2.45, 2.75) is 45.1 Å². The number of piperidine rings is 1. The summed E-state index contributed by atoms with van der Waals surface area (Å²) >= 11 is 0. The standard InChI is InChI=1S/C15H30N4O.HI/c1-13(12-19-7-3-2-4-8-19)10-17-15(16)18-11-14-6-5-9-20-14;/h13-14H,2-12H2,1H3,(H3,16,17,18);1H. The van der Waals surface area contributed by atoms with E-state index in [1.54, 1.807) is 0 Å². The van der Waals surface area contributed by atoms with Gasteiger partial charge in [0.2, 0.25) is 0 Å². The highest BCUT2D eigenvalue weighted by molar-refractivity contribution is 14.0. The van der Waals surface area contributed by atoms with E-state index < -0.39 is 0 Å². The summed E-state index contributed by atoms with van der Waals surface area (Å²) < 4.78 is 5.55. The van der Waals surface area contributed by atoms with Crippen molar-refractivity contribution < 1.29 is 4.74 Å². The Kier molecular flexibility index (Phi) is 9.59. The molecule has 2 unspecified atom stereocenters. The molecule has 0 amide bonds. The molecule has 3 N–H and O–H groups in total. The topological polar surface area (TPSA) is 62.9 Å². The van der Waals surface area contributed by atoms with Crippen molar-refractivity contribution in [2.75, 3.05) is 39.3 Å². The van der Waals surface area contributed by atoms with E-state index in [0.29, 0.717) is 18.0 Å². The number of hydrogen-bond donors (Lipinski definition) is 2. The maximum atomic E-state index is 5.90. The summed E-state index contributed by atoms with van der Waals surface area (Å²) in [6.45, 7) is 8.38. The monoisotopic (exact) mass is 410 g/mol. The van der Waals surface area contributed by atoms with Crippen LogP contribution in [0.1, 0.15) is 39.0 Å². The Bertz CT molecular complexity index is 302. The SMILES string of the molecule is CC(CN=C(N)NCC1CCCO1)CN1CCCCC1.I. The van der Waals surface area contributed by atoms with Gasteiger partial charge in [-0.05, 0) is 44.7 Å². The van der Waals surface area contributed by atoms with Gasteiger partial charge >= 0.3 is 0 Å². The molecular formula is C15H31IN4O. The average Bonchev–Trinajstić information content (AvgIpc) is 2.97. The number of nitrogens with zero attached hydrogens (tertiary/aromatic N) is 2. The van der Waals surface area contributed by atoms with E-state index in [-0.39, 0.29) is 24.0 Å². The molecule has 2 heterocycles. The summed E-state index contributed by atoms with van der Waals surface area (Å²) in [5.41, 5.74) is 5.90. The highest BCUT2D eigenvalue weighted by atomic mass is 127. The Morgan fingerprint density at radius 3 is 2.76 bits per heavy atom. The molecule has 0 aromatic carbocycles. The van der Waals surface area contributed by atoms with Gasteiger partial charge in [-0.25, -0.2) is 0 Å². The largest absolute Gasteiger partial charge is 0.376 e. The zero-order valence-electron chi connectivity index (χ0n) is 13.2. The van der Waals surface area contributed by atoms with Crippen molar-refractivity contribution in [3.63, 3.8) is 0 Å². The molecule has 0 aliphatic carbocycles. The van der Waals surface area contributed by atoms with E-state index in [9.17, 15) is 0 Å². The number of aliphatic imine (C=N–C) groups is 1. The molecule has 2 saturated heterocycles. The number of nitrogens with two attached hydrogens (primary N) is 1. The van der Waals surface area contributed by atoms with Crippen LogP contribution >= 0.6 is 24.0 Å². The minimum absolute atomic E-state index is 0. The first kappa shape index (κ1) is 19.0. The normalized spacial score (nSPS) is 25.4. The minimum atomic E-state index is 0. The minimum Gasteiger partial charge on any atom is -0.376 e. The van der Waals surface area contributed by atoms with Crippen LogP contribution in [0.3, 0.4) is 0 Å². The van der Waals surface area contributed by atoms with Crippen LogP contribution in [0.4, 0.5) is 0 Å². The van der Waals surface area contributed by atoms with Crippen molar-refractivity contribution in [1.29, 1.82) is 0 Å². The van der Waals surface area contributed by atoms with Gasteiger partial charge < -0.3 is 20.7 Å². The molecule has 21 heavy (non-hydrogen) atoms. The Morgan fingerprint density at radius 1 is 1.33 bits per heavy atom. The molecule has 0 aromatic rings. The van der Waals surface area contributed by atoms with Crippen LogP contribution in [0.5, 0.6) is 0 Å². The van der Waals surface area contributed by atoms with Gasteiger partial charge in [0, 0.05) is 26.2 Å². The first-order valence-corrected chi connectivity index (χ1v) is 8.12. The lowest BCUT2D eigenvalue weighted by Gasteiger charge is -2.28. The summed E-state index contributed by atoms with van der Waals surface area (Å²) in [6, 6.07) is 0. The molecule has 2 atom stereocenters. The van der Waals surface area contributed by atoms with Crippen molar-refractivity contribution >= 4 is 29.9 Å². The van der Waals surface area contributed by atoms with Crippen LogP contribution in [0.25, 0.3) is 0 Å². The van der Waals surface area contributed by atoms with Crippen molar-refractivity contribution in [3.8, 4) is 0 Å². The molecule has 2 aliphatic rings.